The van der Waals surface area contributed by atoms with Crippen LogP contribution in [-0.2, 0) is 33.3 Å². The first-order valence-electron chi connectivity index (χ1n) is 19.7. The Morgan fingerprint density at radius 2 is 1.29 bits per heavy atom. The summed E-state index contributed by atoms with van der Waals surface area (Å²) in [7, 11) is 0. The Bertz CT molecular complexity index is 1300. The van der Waals surface area contributed by atoms with Crippen molar-refractivity contribution in [2.75, 3.05) is 13.2 Å². The average molecular weight is 687 g/mol. The molecule has 0 aromatic heterocycles. The van der Waals surface area contributed by atoms with Gasteiger partial charge in [0.1, 0.15) is 25.4 Å². The maximum absolute atomic E-state index is 14.0. The zero-order valence-electron chi connectivity index (χ0n) is 29.5. The maximum Gasteiger partial charge on any atom is 0.312 e. The fourth-order valence-corrected chi connectivity index (χ4v) is 13.1. The third-order valence-corrected chi connectivity index (χ3v) is 15.6. The van der Waals surface area contributed by atoms with Crippen LogP contribution < -0.4 is 0 Å². The highest BCUT2D eigenvalue weighted by atomic mass is 16.8. The average Bonchev–Trinajstić information content (AvgIpc) is 3.45. The lowest BCUT2D eigenvalue weighted by Gasteiger charge is -2.57. The molecule has 0 amide bonds. The highest BCUT2D eigenvalue weighted by molar-refractivity contribution is 5.78. The molecule has 10 heteroatoms. The molecule has 8 saturated carbocycles. The van der Waals surface area contributed by atoms with Crippen molar-refractivity contribution in [1.82, 2.24) is 0 Å². The van der Waals surface area contributed by atoms with E-state index in [2.05, 4.69) is 0 Å². The van der Waals surface area contributed by atoms with Crippen LogP contribution in [0.1, 0.15) is 123 Å². The van der Waals surface area contributed by atoms with E-state index >= 15 is 0 Å². The van der Waals surface area contributed by atoms with Crippen molar-refractivity contribution in [1.29, 1.82) is 0 Å². The Hall–Kier alpha value is -1.75. The summed E-state index contributed by atoms with van der Waals surface area (Å²) in [5.74, 6) is -0.782. The van der Waals surface area contributed by atoms with Crippen LogP contribution in [0.4, 0.5) is 0 Å². The SMILES string of the molecule is CCC1(C(=O)O)CC2CCC3(OC(COC(=O)C4(CC)CC5CCC(O)C(C5)C4)C(COC(=O)C45CC6CC(C4)C(O)C(C6)C5)O3)C(C2)C1. The molecule has 274 valence electrons. The molecule has 8 aliphatic carbocycles. The topological polar surface area (TPSA) is 149 Å². The van der Waals surface area contributed by atoms with Crippen molar-refractivity contribution in [3.05, 3.63) is 0 Å². The molecule has 12 unspecified atom stereocenters. The molecule has 9 rings (SSSR count). The standard InChI is InChI=1S/C39H58O10/c1-3-36(33(42)43)13-23-7-8-39(28(12-23)19-36)48-30(20-46-34(44)37(4-2)14-22-5-6-29(40)25(9-22)16-37)31(49-39)21-47-35(45)38-15-24-10-26(17-38)32(41)27(11-24)18-38/h22-32,40-41H,3-21H2,1-2H3,(H,42,43). The molecule has 1 heterocycles. The van der Waals surface area contributed by atoms with Crippen LogP contribution >= 0.6 is 0 Å². The molecule has 0 radical (unpaired) electrons. The number of carboxylic acids is 1. The van der Waals surface area contributed by atoms with Gasteiger partial charge in [-0.25, -0.2) is 0 Å². The largest absolute Gasteiger partial charge is 0.481 e. The van der Waals surface area contributed by atoms with Gasteiger partial charge in [0.25, 0.3) is 0 Å². The number of esters is 2. The monoisotopic (exact) mass is 686 g/mol. The summed E-state index contributed by atoms with van der Waals surface area (Å²) < 4.78 is 26.0. The van der Waals surface area contributed by atoms with Gasteiger partial charge in [0.05, 0.1) is 28.5 Å². The minimum absolute atomic E-state index is 0.0175. The number of hydrogen-bond acceptors (Lipinski definition) is 9. The molecule has 1 spiro atoms. The zero-order valence-corrected chi connectivity index (χ0v) is 29.5. The third-order valence-electron chi connectivity index (χ3n) is 15.6. The van der Waals surface area contributed by atoms with Gasteiger partial charge in [0.15, 0.2) is 5.79 Å². The van der Waals surface area contributed by atoms with Gasteiger partial charge >= 0.3 is 17.9 Å². The quantitative estimate of drug-likeness (QED) is 0.269. The smallest absolute Gasteiger partial charge is 0.312 e. The summed E-state index contributed by atoms with van der Waals surface area (Å²) in [4.78, 5) is 40.5. The number of aliphatic hydroxyl groups is 2. The Morgan fingerprint density at radius 3 is 1.94 bits per heavy atom. The summed E-state index contributed by atoms with van der Waals surface area (Å²) in [5.41, 5.74) is -2.02. The number of carbonyl (C=O) groups is 3. The number of fused-ring (bicyclic) bond motifs is 5. The van der Waals surface area contributed by atoms with Crippen molar-refractivity contribution < 1.29 is 48.7 Å². The summed E-state index contributed by atoms with van der Waals surface area (Å²) in [5, 5.41) is 31.8. The van der Waals surface area contributed by atoms with E-state index in [0.717, 1.165) is 57.8 Å². The number of carbonyl (C=O) groups excluding carboxylic acids is 2. The summed E-state index contributed by atoms with van der Waals surface area (Å²) in [6.45, 7) is 3.94. The van der Waals surface area contributed by atoms with Gasteiger partial charge < -0.3 is 34.3 Å². The lowest BCUT2D eigenvalue weighted by Crippen LogP contribution is -2.56. The minimum Gasteiger partial charge on any atom is -0.481 e. The Balaban J connectivity index is 1.00. The predicted molar refractivity (Wildman–Crippen MR) is 176 cm³/mol. The number of ether oxygens (including phenoxy) is 4. The molecule has 9 aliphatic rings. The first-order chi connectivity index (χ1) is 23.4. The van der Waals surface area contributed by atoms with E-state index in [-0.39, 0.29) is 66.9 Å². The van der Waals surface area contributed by atoms with Crippen LogP contribution in [0.2, 0.25) is 0 Å². The summed E-state index contributed by atoms with van der Waals surface area (Å²) in [6.07, 6.45) is 10.8. The highest BCUT2D eigenvalue weighted by Gasteiger charge is 2.62. The molecule has 0 aromatic rings. The number of hydrogen-bond donors (Lipinski definition) is 3. The molecule has 3 N–H and O–H groups in total. The minimum atomic E-state index is -1.01. The van der Waals surface area contributed by atoms with Crippen molar-refractivity contribution in [2.45, 2.75) is 153 Å². The zero-order chi connectivity index (χ0) is 34.3. The number of aliphatic hydroxyl groups excluding tert-OH is 2. The fraction of sp³-hybridized carbons (Fsp3) is 0.923. The van der Waals surface area contributed by atoms with Crippen LogP contribution in [0.3, 0.4) is 0 Å². The molecule has 8 bridgehead atoms. The second-order valence-corrected chi connectivity index (χ2v) is 18.3. The summed E-state index contributed by atoms with van der Waals surface area (Å²) >= 11 is 0. The predicted octanol–water partition coefficient (Wildman–Crippen LogP) is 5.40. The molecular weight excluding hydrogens is 628 g/mol. The van der Waals surface area contributed by atoms with Gasteiger partial charge in [-0.15, -0.1) is 0 Å². The lowest BCUT2D eigenvalue weighted by atomic mass is 9.48. The maximum atomic E-state index is 14.0. The second-order valence-electron chi connectivity index (χ2n) is 18.3. The first kappa shape index (κ1) is 34.3. The summed E-state index contributed by atoms with van der Waals surface area (Å²) in [6, 6.07) is 0. The molecule has 49 heavy (non-hydrogen) atoms. The molecule has 12 atom stereocenters. The van der Waals surface area contributed by atoms with Crippen LogP contribution in [0, 0.1) is 57.7 Å². The van der Waals surface area contributed by atoms with Crippen molar-refractivity contribution in [2.24, 2.45) is 57.7 Å². The van der Waals surface area contributed by atoms with E-state index in [1.165, 1.54) is 0 Å². The Morgan fingerprint density at radius 1 is 0.673 bits per heavy atom. The van der Waals surface area contributed by atoms with E-state index in [1.54, 1.807) is 0 Å². The molecule has 9 fully saturated rings. The lowest BCUT2D eigenvalue weighted by molar-refractivity contribution is -0.255. The van der Waals surface area contributed by atoms with E-state index in [4.69, 9.17) is 18.9 Å². The van der Waals surface area contributed by atoms with E-state index in [9.17, 15) is 29.7 Å². The normalized spacial score (nSPS) is 51.1. The second kappa shape index (κ2) is 12.4. The van der Waals surface area contributed by atoms with Gasteiger partial charge in [-0.1, -0.05) is 13.8 Å². The molecule has 0 aromatic carbocycles. The first-order valence-corrected chi connectivity index (χ1v) is 19.7. The van der Waals surface area contributed by atoms with E-state index < -0.39 is 40.2 Å². The van der Waals surface area contributed by atoms with E-state index in [0.29, 0.717) is 63.2 Å². The van der Waals surface area contributed by atoms with Crippen molar-refractivity contribution in [3.8, 4) is 0 Å². The number of rotatable bonds is 9. The Kier molecular flexibility index (Phi) is 8.72. The van der Waals surface area contributed by atoms with Gasteiger partial charge in [0.2, 0.25) is 0 Å². The van der Waals surface area contributed by atoms with Gasteiger partial charge in [-0.3, -0.25) is 14.4 Å². The fourth-order valence-electron chi connectivity index (χ4n) is 13.1. The van der Waals surface area contributed by atoms with Gasteiger partial charge in [0, 0.05) is 12.3 Å². The molecule has 1 saturated heterocycles. The number of carboxylic acid groups (broad SMARTS) is 1. The van der Waals surface area contributed by atoms with Gasteiger partial charge in [-0.2, -0.15) is 0 Å². The van der Waals surface area contributed by atoms with Gasteiger partial charge in [-0.05, 0) is 138 Å². The van der Waals surface area contributed by atoms with Crippen LogP contribution in [0.5, 0.6) is 0 Å². The third kappa shape index (κ3) is 5.68. The van der Waals surface area contributed by atoms with Crippen LogP contribution in [0.15, 0.2) is 0 Å². The van der Waals surface area contributed by atoms with Crippen molar-refractivity contribution in [3.63, 3.8) is 0 Å². The number of aliphatic carboxylic acids is 1. The van der Waals surface area contributed by atoms with Crippen molar-refractivity contribution >= 4 is 17.9 Å². The van der Waals surface area contributed by atoms with Crippen LogP contribution in [-0.4, -0.2) is 76.6 Å². The Labute approximate surface area is 290 Å². The molecular formula is C39H58O10. The molecule has 1 aliphatic heterocycles. The highest BCUT2D eigenvalue weighted by Crippen LogP contribution is 2.61. The van der Waals surface area contributed by atoms with E-state index in [1.807, 2.05) is 13.8 Å². The molecule has 10 nitrogen and oxygen atoms in total. The van der Waals surface area contributed by atoms with Crippen LogP contribution in [0.25, 0.3) is 0 Å².